The van der Waals surface area contributed by atoms with Crippen LogP contribution in [0.1, 0.15) is 18.1 Å². The van der Waals surface area contributed by atoms with E-state index >= 15 is 0 Å². The molecule has 1 atom stereocenters. The molecule has 0 aliphatic rings. The van der Waals surface area contributed by atoms with Gasteiger partial charge in [-0.05, 0) is 30.7 Å². The SMILES string of the molecule is CC(CO)NC(=O)Cc1cccc(OCc2cccnc2)c1. The van der Waals surface area contributed by atoms with Gasteiger partial charge in [0.25, 0.3) is 0 Å². The predicted octanol–water partition coefficient (Wildman–Crippen LogP) is 1.70. The van der Waals surface area contributed by atoms with Gasteiger partial charge in [-0.25, -0.2) is 0 Å². The first-order valence-electron chi connectivity index (χ1n) is 7.18. The Labute approximate surface area is 130 Å². The molecule has 0 bridgehead atoms. The molecule has 5 heteroatoms. The summed E-state index contributed by atoms with van der Waals surface area (Å²) in [7, 11) is 0. The molecule has 0 saturated heterocycles. The lowest BCUT2D eigenvalue weighted by Gasteiger charge is -2.11. The number of hydrogen-bond donors (Lipinski definition) is 2. The Hall–Kier alpha value is -2.40. The fourth-order valence-corrected chi connectivity index (χ4v) is 1.95. The van der Waals surface area contributed by atoms with E-state index < -0.39 is 0 Å². The van der Waals surface area contributed by atoms with Crippen molar-refractivity contribution in [2.45, 2.75) is 26.0 Å². The molecule has 1 aromatic heterocycles. The molecule has 2 rings (SSSR count). The van der Waals surface area contributed by atoms with Gasteiger partial charge in [0, 0.05) is 24.0 Å². The number of aromatic nitrogens is 1. The molecule has 0 aliphatic heterocycles. The van der Waals surface area contributed by atoms with Crippen LogP contribution in [-0.4, -0.2) is 28.6 Å². The molecule has 116 valence electrons. The van der Waals surface area contributed by atoms with Crippen molar-refractivity contribution in [3.05, 3.63) is 59.9 Å². The van der Waals surface area contributed by atoms with Crippen LogP contribution in [0.15, 0.2) is 48.8 Å². The molecular weight excluding hydrogens is 280 g/mol. The van der Waals surface area contributed by atoms with E-state index in [1.54, 1.807) is 19.3 Å². The number of nitrogens with zero attached hydrogens (tertiary/aromatic N) is 1. The number of carbonyl (C=O) groups excluding carboxylic acids is 1. The van der Waals surface area contributed by atoms with Gasteiger partial charge >= 0.3 is 0 Å². The van der Waals surface area contributed by atoms with Crippen molar-refractivity contribution in [1.82, 2.24) is 10.3 Å². The average molecular weight is 300 g/mol. The van der Waals surface area contributed by atoms with Crippen molar-refractivity contribution < 1.29 is 14.6 Å². The average Bonchev–Trinajstić information content (AvgIpc) is 2.54. The van der Waals surface area contributed by atoms with E-state index in [1.165, 1.54) is 0 Å². The third kappa shape index (κ3) is 5.18. The molecule has 2 aromatic rings. The van der Waals surface area contributed by atoms with E-state index in [1.807, 2.05) is 36.4 Å². The molecule has 1 heterocycles. The Kier molecular flexibility index (Phi) is 5.91. The van der Waals surface area contributed by atoms with Gasteiger partial charge in [0.05, 0.1) is 13.0 Å². The lowest BCUT2D eigenvalue weighted by atomic mass is 10.1. The fraction of sp³-hybridized carbons (Fsp3) is 0.294. The van der Waals surface area contributed by atoms with Gasteiger partial charge in [-0.1, -0.05) is 18.2 Å². The number of hydrogen-bond acceptors (Lipinski definition) is 4. The highest BCUT2D eigenvalue weighted by molar-refractivity contribution is 5.78. The summed E-state index contributed by atoms with van der Waals surface area (Å²) in [6.07, 6.45) is 3.73. The Bertz CT molecular complexity index is 602. The minimum absolute atomic E-state index is 0.0694. The molecule has 22 heavy (non-hydrogen) atoms. The van der Waals surface area contributed by atoms with Crippen LogP contribution in [0.3, 0.4) is 0 Å². The molecule has 0 spiro atoms. The summed E-state index contributed by atoms with van der Waals surface area (Å²) in [4.78, 5) is 15.8. The van der Waals surface area contributed by atoms with Gasteiger partial charge in [0.1, 0.15) is 12.4 Å². The summed E-state index contributed by atoms with van der Waals surface area (Å²) < 4.78 is 5.70. The maximum absolute atomic E-state index is 11.8. The van der Waals surface area contributed by atoms with Crippen LogP contribution >= 0.6 is 0 Å². The highest BCUT2D eigenvalue weighted by Gasteiger charge is 2.08. The number of amides is 1. The van der Waals surface area contributed by atoms with E-state index in [0.717, 1.165) is 11.1 Å². The Balaban J connectivity index is 1.91. The van der Waals surface area contributed by atoms with Gasteiger partial charge in [-0.3, -0.25) is 9.78 Å². The van der Waals surface area contributed by atoms with Crippen molar-refractivity contribution in [3.8, 4) is 5.75 Å². The number of ether oxygens (including phenoxy) is 1. The van der Waals surface area contributed by atoms with E-state index in [9.17, 15) is 4.79 Å². The van der Waals surface area contributed by atoms with Crippen LogP contribution in [0.2, 0.25) is 0 Å². The maximum Gasteiger partial charge on any atom is 0.224 e. The molecule has 0 fully saturated rings. The molecule has 5 nitrogen and oxygen atoms in total. The zero-order valence-electron chi connectivity index (χ0n) is 12.5. The number of rotatable bonds is 7. The quantitative estimate of drug-likeness (QED) is 0.816. The summed E-state index contributed by atoms with van der Waals surface area (Å²) in [6, 6.07) is 11.0. The second kappa shape index (κ2) is 8.14. The number of carbonyl (C=O) groups is 1. The zero-order chi connectivity index (χ0) is 15.8. The number of benzene rings is 1. The summed E-state index contributed by atoms with van der Waals surface area (Å²) in [5.74, 6) is 0.593. The molecule has 0 aliphatic carbocycles. The Morgan fingerprint density at radius 1 is 1.32 bits per heavy atom. The van der Waals surface area contributed by atoms with Gasteiger partial charge in [-0.2, -0.15) is 0 Å². The van der Waals surface area contributed by atoms with Gasteiger partial charge in [0.2, 0.25) is 5.91 Å². The number of nitrogens with one attached hydrogen (secondary N) is 1. The number of aliphatic hydroxyl groups is 1. The second-order valence-corrected chi connectivity index (χ2v) is 5.13. The molecule has 1 unspecified atom stereocenters. The van der Waals surface area contributed by atoms with Crippen molar-refractivity contribution in [3.63, 3.8) is 0 Å². The van der Waals surface area contributed by atoms with Crippen molar-refractivity contribution >= 4 is 5.91 Å². The predicted molar refractivity (Wildman–Crippen MR) is 83.4 cm³/mol. The smallest absolute Gasteiger partial charge is 0.224 e. The van der Waals surface area contributed by atoms with Crippen molar-refractivity contribution in [2.24, 2.45) is 0 Å². The van der Waals surface area contributed by atoms with Crippen LogP contribution in [-0.2, 0) is 17.8 Å². The minimum atomic E-state index is -0.238. The van der Waals surface area contributed by atoms with Crippen LogP contribution in [0.25, 0.3) is 0 Å². The largest absolute Gasteiger partial charge is 0.489 e. The lowest BCUT2D eigenvalue weighted by molar-refractivity contribution is -0.121. The highest BCUT2D eigenvalue weighted by atomic mass is 16.5. The van der Waals surface area contributed by atoms with E-state index in [-0.39, 0.29) is 25.0 Å². The third-order valence-corrected chi connectivity index (χ3v) is 3.07. The first kappa shape index (κ1) is 16.0. The standard InChI is InChI=1S/C17H20N2O3/c1-13(11-20)19-17(21)9-14-4-2-6-16(8-14)22-12-15-5-3-7-18-10-15/h2-8,10,13,20H,9,11-12H2,1H3,(H,19,21). The normalized spacial score (nSPS) is 11.7. The van der Waals surface area contributed by atoms with Gasteiger partial charge in [0.15, 0.2) is 0 Å². The number of aliphatic hydroxyl groups excluding tert-OH is 1. The molecule has 1 amide bonds. The lowest BCUT2D eigenvalue weighted by Crippen LogP contribution is -2.35. The second-order valence-electron chi connectivity index (χ2n) is 5.13. The van der Waals surface area contributed by atoms with Crippen LogP contribution < -0.4 is 10.1 Å². The van der Waals surface area contributed by atoms with E-state index in [2.05, 4.69) is 10.3 Å². The Morgan fingerprint density at radius 3 is 2.86 bits per heavy atom. The molecule has 1 aromatic carbocycles. The van der Waals surface area contributed by atoms with Crippen LogP contribution in [0.5, 0.6) is 5.75 Å². The Morgan fingerprint density at radius 2 is 2.14 bits per heavy atom. The highest BCUT2D eigenvalue weighted by Crippen LogP contribution is 2.15. The van der Waals surface area contributed by atoms with Gasteiger partial charge < -0.3 is 15.2 Å². The molecular formula is C17H20N2O3. The van der Waals surface area contributed by atoms with E-state index in [4.69, 9.17) is 9.84 Å². The summed E-state index contributed by atoms with van der Waals surface area (Å²) in [6.45, 7) is 2.12. The molecule has 2 N–H and O–H groups in total. The number of pyridine rings is 1. The van der Waals surface area contributed by atoms with Crippen LogP contribution in [0.4, 0.5) is 0 Å². The third-order valence-electron chi connectivity index (χ3n) is 3.07. The van der Waals surface area contributed by atoms with E-state index in [0.29, 0.717) is 12.4 Å². The summed E-state index contributed by atoms with van der Waals surface area (Å²) >= 11 is 0. The minimum Gasteiger partial charge on any atom is -0.489 e. The molecule has 0 radical (unpaired) electrons. The van der Waals surface area contributed by atoms with Crippen LogP contribution in [0, 0.1) is 0 Å². The summed E-state index contributed by atoms with van der Waals surface area (Å²) in [5, 5.41) is 11.6. The monoisotopic (exact) mass is 300 g/mol. The van der Waals surface area contributed by atoms with Crippen molar-refractivity contribution in [2.75, 3.05) is 6.61 Å². The zero-order valence-corrected chi connectivity index (χ0v) is 12.5. The maximum atomic E-state index is 11.8. The molecule has 0 saturated carbocycles. The van der Waals surface area contributed by atoms with Crippen molar-refractivity contribution in [1.29, 1.82) is 0 Å². The topological polar surface area (TPSA) is 71.5 Å². The summed E-state index contributed by atoms with van der Waals surface area (Å²) in [5.41, 5.74) is 1.86. The first-order chi connectivity index (χ1) is 10.7. The fourth-order valence-electron chi connectivity index (χ4n) is 1.95. The van der Waals surface area contributed by atoms with Gasteiger partial charge in [-0.15, -0.1) is 0 Å². The first-order valence-corrected chi connectivity index (χ1v) is 7.18.